The van der Waals surface area contributed by atoms with Crippen molar-refractivity contribution in [3.05, 3.63) is 35.6 Å². The summed E-state index contributed by atoms with van der Waals surface area (Å²) < 4.78 is 30.2. The Bertz CT molecular complexity index is 461. The van der Waals surface area contributed by atoms with E-state index < -0.39 is 5.79 Å². The molecule has 110 valence electrons. The van der Waals surface area contributed by atoms with E-state index in [1.54, 1.807) is 14.2 Å². The predicted molar refractivity (Wildman–Crippen MR) is 72.7 cm³/mol. The summed E-state index contributed by atoms with van der Waals surface area (Å²) in [5.74, 6) is -0.140. The summed E-state index contributed by atoms with van der Waals surface area (Å²) in [6.45, 7) is 0. The third kappa shape index (κ3) is 2.26. The van der Waals surface area contributed by atoms with Crippen LogP contribution in [0.25, 0.3) is 0 Å². The molecule has 4 heteroatoms. The Balaban J connectivity index is 1.90. The van der Waals surface area contributed by atoms with Gasteiger partial charge in [0.25, 0.3) is 0 Å². The lowest BCUT2D eigenvalue weighted by Crippen LogP contribution is -2.43. The molecule has 1 aliphatic heterocycles. The lowest BCUT2D eigenvalue weighted by atomic mass is 9.71. The molecule has 2 aliphatic rings. The number of halogens is 1. The van der Waals surface area contributed by atoms with Crippen molar-refractivity contribution in [3.8, 4) is 0 Å². The fraction of sp³-hybridized carbons (Fsp3) is 0.625. The minimum atomic E-state index is -0.544. The number of ether oxygens (including phenoxy) is 3. The Morgan fingerprint density at radius 1 is 1.25 bits per heavy atom. The lowest BCUT2D eigenvalue weighted by molar-refractivity contribution is -0.278. The van der Waals surface area contributed by atoms with Crippen LogP contribution < -0.4 is 0 Å². The van der Waals surface area contributed by atoms with Gasteiger partial charge in [0.15, 0.2) is 12.1 Å². The quantitative estimate of drug-likeness (QED) is 0.849. The zero-order valence-electron chi connectivity index (χ0n) is 12.0. The van der Waals surface area contributed by atoms with Gasteiger partial charge in [0, 0.05) is 33.0 Å². The zero-order chi connectivity index (χ0) is 14.2. The van der Waals surface area contributed by atoms with Gasteiger partial charge in [0.1, 0.15) is 5.82 Å². The van der Waals surface area contributed by atoms with Crippen molar-refractivity contribution < 1.29 is 18.6 Å². The number of hydrogen-bond donors (Lipinski definition) is 0. The minimum Gasteiger partial charge on any atom is -0.356 e. The molecule has 0 amide bonds. The van der Waals surface area contributed by atoms with E-state index in [1.807, 2.05) is 12.1 Å². The highest BCUT2D eigenvalue weighted by Gasteiger charge is 2.54. The van der Waals surface area contributed by atoms with Gasteiger partial charge in [-0.25, -0.2) is 4.39 Å². The molecule has 1 aromatic rings. The van der Waals surface area contributed by atoms with E-state index in [1.165, 1.54) is 12.1 Å². The van der Waals surface area contributed by atoms with Crippen molar-refractivity contribution in [2.24, 2.45) is 5.92 Å². The summed E-state index contributed by atoms with van der Waals surface area (Å²) in [6, 6.07) is 6.82. The van der Waals surface area contributed by atoms with E-state index in [2.05, 4.69) is 0 Å². The van der Waals surface area contributed by atoms with Crippen LogP contribution >= 0.6 is 0 Å². The first-order valence-electron chi connectivity index (χ1n) is 7.20. The van der Waals surface area contributed by atoms with E-state index in [-0.39, 0.29) is 18.0 Å². The van der Waals surface area contributed by atoms with Crippen molar-refractivity contribution in [1.82, 2.24) is 0 Å². The maximum Gasteiger partial charge on any atom is 0.174 e. The van der Waals surface area contributed by atoms with E-state index in [4.69, 9.17) is 14.2 Å². The van der Waals surface area contributed by atoms with Gasteiger partial charge in [-0.2, -0.15) is 0 Å². The van der Waals surface area contributed by atoms with Gasteiger partial charge in [-0.05, 0) is 36.5 Å². The summed E-state index contributed by atoms with van der Waals surface area (Å²) in [5, 5.41) is 0. The van der Waals surface area contributed by atoms with E-state index in [9.17, 15) is 4.39 Å². The van der Waals surface area contributed by atoms with Gasteiger partial charge in [0.2, 0.25) is 0 Å². The zero-order valence-corrected chi connectivity index (χ0v) is 12.0. The molecule has 3 rings (SSSR count). The molecule has 2 fully saturated rings. The first-order valence-corrected chi connectivity index (χ1v) is 7.20. The molecule has 3 nitrogen and oxygen atoms in total. The van der Waals surface area contributed by atoms with Crippen LogP contribution in [0.1, 0.15) is 37.2 Å². The average molecular weight is 280 g/mol. The van der Waals surface area contributed by atoms with Crippen molar-refractivity contribution >= 4 is 0 Å². The molecule has 1 saturated heterocycles. The number of methoxy groups -OCH3 is 2. The van der Waals surface area contributed by atoms with Crippen molar-refractivity contribution in [2.45, 2.75) is 43.7 Å². The predicted octanol–water partition coefficient (Wildman–Crippen LogP) is 3.44. The average Bonchev–Trinajstić information content (AvgIpc) is 2.87. The molecule has 0 bridgehead atoms. The molecular formula is C16H21FO3. The molecule has 20 heavy (non-hydrogen) atoms. The highest BCUT2D eigenvalue weighted by Crippen LogP contribution is 2.52. The molecule has 1 saturated carbocycles. The normalized spacial score (nSPS) is 36.9. The summed E-state index contributed by atoms with van der Waals surface area (Å²) in [4.78, 5) is 0. The van der Waals surface area contributed by atoms with Gasteiger partial charge in [0.05, 0.1) is 0 Å². The number of hydrogen-bond acceptors (Lipinski definition) is 3. The molecule has 1 aliphatic carbocycles. The molecule has 4 atom stereocenters. The highest BCUT2D eigenvalue weighted by atomic mass is 19.1. The van der Waals surface area contributed by atoms with Gasteiger partial charge in [-0.3, -0.25) is 0 Å². The van der Waals surface area contributed by atoms with Crippen molar-refractivity contribution in [2.75, 3.05) is 14.2 Å². The van der Waals surface area contributed by atoms with Crippen LogP contribution in [0.5, 0.6) is 0 Å². The second kappa shape index (κ2) is 5.43. The van der Waals surface area contributed by atoms with Crippen LogP contribution in [0, 0.1) is 11.7 Å². The first kappa shape index (κ1) is 14.0. The minimum absolute atomic E-state index is 0.194. The smallest absolute Gasteiger partial charge is 0.174 e. The van der Waals surface area contributed by atoms with Crippen LogP contribution in [0.2, 0.25) is 0 Å². The summed E-state index contributed by atoms with van der Waals surface area (Å²) in [6.07, 6.45) is 3.64. The maximum absolute atomic E-state index is 13.1. The van der Waals surface area contributed by atoms with Gasteiger partial charge in [-0.1, -0.05) is 12.1 Å². The monoisotopic (exact) mass is 280 g/mol. The Morgan fingerprint density at radius 3 is 2.65 bits per heavy atom. The lowest BCUT2D eigenvalue weighted by Gasteiger charge is -2.41. The fourth-order valence-electron chi connectivity index (χ4n) is 3.78. The van der Waals surface area contributed by atoms with Crippen LogP contribution in [-0.4, -0.2) is 26.3 Å². The Kier molecular flexibility index (Phi) is 3.80. The number of fused-ring (bicyclic) bond motifs is 1. The summed E-state index contributed by atoms with van der Waals surface area (Å²) in [7, 11) is 3.37. The molecular weight excluding hydrogens is 259 g/mol. The van der Waals surface area contributed by atoms with Crippen LogP contribution in [0.4, 0.5) is 4.39 Å². The second-order valence-electron chi connectivity index (χ2n) is 5.69. The summed E-state index contributed by atoms with van der Waals surface area (Å²) in [5.41, 5.74) is 1.16. The maximum atomic E-state index is 13.1. The van der Waals surface area contributed by atoms with Crippen molar-refractivity contribution in [1.29, 1.82) is 0 Å². The second-order valence-corrected chi connectivity index (χ2v) is 5.69. The van der Waals surface area contributed by atoms with Crippen LogP contribution in [-0.2, 0) is 14.2 Å². The molecule has 1 heterocycles. The van der Waals surface area contributed by atoms with Crippen molar-refractivity contribution in [3.63, 3.8) is 0 Å². The molecule has 0 N–H and O–H groups in total. The van der Waals surface area contributed by atoms with Gasteiger partial charge in [-0.15, -0.1) is 0 Å². The summed E-state index contributed by atoms with van der Waals surface area (Å²) >= 11 is 0. The third-order valence-corrected chi connectivity index (χ3v) is 4.77. The Morgan fingerprint density at radius 2 is 2.00 bits per heavy atom. The standard InChI is InChI=1S/C16H21FO3/c1-18-15-10-14-13(11-5-7-12(17)8-6-11)4-3-9-16(14,19-2)20-15/h5-8,13-15H,3-4,9-10H2,1-2H3. The third-order valence-electron chi connectivity index (χ3n) is 4.77. The molecule has 4 unspecified atom stereocenters. The highest BCUT2D eigenvalue weighted by molar-refractivity contribution is 5.23. The van der Waals surface area contributed by atoms with Gasteiger partial charge < -0.3 is 14.2 Å². The number of benzene rings is 1. The Labute approximate surface area is 119 Å². The molecule has 0 radical (unpaired) electrons. The molecule has 1 aromatic carbocycles. The van der Waals surface area contributed by atoms with E-state index in [0.29, 0.717) is 5.92 Å². The van der Waals surface area contributed by atoms with E-state index in [0.717, 1.165) is 31.2 Å². The van der Waals surface area contributed by atoms with Crippen LogP contribution in [0.15, 0.2) is 24.3 Å². The number of rotatable bonds is 3. The van der Waals surface area contributed by atoms with Gasteiger partial charge >= 0.3 is 0 Å². The molecule has 0 aromatic heterocycles. The largest absolute Gasteiger partial charge is 0.356 e. The SMILES string of the molecule is COC1CC2C(c3ccc(F)cc3)CCCC2(OC)O1. The first-order chi connectivity index (χ1) is 9.68. The van der Waals surface area contributed by atoms with E-state index >= 15 is 0 Å². The topological polar surface area (TPSA) is 27.7 Å². The fourth-order valence-corrected chi connectivity index (χ4v) is 3.78. The Hall–Kier alpha value is -0.970. The molecule has 0 spiro atoms. The van der Waals surface area contributed by atoms with Crippen LogP contribution in [0.3, 0.4) is 0 Å².